The molecule has 6 heteroatoms. The van der Waals surface area contributed by atoms with E-state index < -0.39 is 0 Å². The number of hydrogen-bond acceptors (Lipinski definition) is 6. The number of anilines is 2. The van der Waals surface area contributed by atoms with Gasteiger partial charge in [0.15, 0.2) is 11.6 Å². The zero-order valence-corrected chi connectivity index (χ0v) is 22.2. The Labute approximate surface area is 210 Å². The molecule has 34 heavy (non-hydrogen) atoms. The number of aromatic nitrogens is 1. The number of thioether (sulfide) groups is 1. The molecule has 188 valence electrons. The third kappa shape index (κ3) is 3.87. The average molecular weight is 485 g/mol. The van der Waals surface area contributed by atoms with E-state index in [9.17, 15) is 4.79 Å². The Balaban J connectivity index is 1.34. The molecule has 8 unspecified atom stereocenters. The van der Waals surface area contributed by atoms with Gasteiger partial charge in [-0.2, -0.15) is 11.8 Å². The molecule has 4 aliphatic carbocycles. The molecule has 8 atom stereocenters. The Bertz CT molecular complexity index is 910. The molecule has 0 saturated heterocycles. The Hall–Kier alpha value is -1.27. The fourth-order valence-corrected chi connectivity index (χ4v) is 10.5. The molecule has 4 N–H and O–H groups in total. The highest BCUT2D eigenvalue weighted by molar-refractivity contribution is 7.98. The highest BCUT2D eigenvalue weighted by Crippen LogP contribution is 2.68. The lowest BCUT2D eigenvalue weighted by molar-refractivity contribution is -0.135. The van der Waals surface area contributed by atoms with E-state index in [-0.39, 0.29) is 23.7 Å². The first kappa shape index (κ1) is 24.4. The molecule has 1 heterocycles. The molecule has 0 amide bonds. The first-order chi connectivity index (χ1) is 16.3. The Morgan fingerprint density at radius 2 is 2.00 bits per heavy atom. The maximum Gasteiger partial charge on any atom is 0.166 e. The number of carbonyl (C=O) groups is 1. The summed E-state index contributed by atoms with van der Waals surface area (Å²) < 4.78 is 0. The number of pyridine rings is 1. The monoisotopic (exact) mass is 484 g/mol. The van der Waals surface area contributed by atoms with E-state index in [2.05, 4.69) is 36.8 Å². The van der Waals surface area contributed by atoms with Crippen LogP contribution >= 0.6 is 11.8 Å². The van der Waals surface area contributed by atoms with Crippen molar-refractivity contribution >= 4 is 29.1 Å². The number of fused-ring (bicyclic) bond motifs is 5. The number of carbonyl (C=O) groups excluding carboxylic acids is 1. The molecule has 4 saturated carbocycles. The van der Waals surface area contributed by atoms with Crippen molar-refractivity contribution in [2.24, 2.45) is 52.2 Å². The van der Waals surface area contributed by atoms with Crippen molar-refractivity contribution < 1.29 is 4.79 Å². The molecule has 0 bridgehead atoms. The minimum atomic E-state index is 0.107. The second kappa shape index (κ2) is 9.31. The molecule has 4 fully saturated rings. The molecule has 4 aliphatic rings. The van der Waals surface area contributed by atoms with Crippen molar-refractivity contribution in [1.29, 1.82) is 0 Å². The molecular formula is C28H44N4OS. The van der Waals surface area contributed by atoms with Gasteiger partial charge in [0.1, 0.15) is 0 Å². The summed E-state index contributed by atoms with van der Waals surface area (Å²) in [6.07, 6.45) is 15.8. The van der Waals surface area contributed by atoms with E-state index in [1.165, 1.54) is 62.1 Å². The zero-order valence-electron chi connectivity index (χ0n) is 21.3. The number of nitrogens with two attached hydrogens (primary N) is 2. The van der Waals surface area contributed by atoms with Crippen LogP contribution in [0.2, 0.25) is 0 Å². The summed E-state index contributed by atoms with van der Waals surface area (Å²) >= 11 is 2.09. The van der Waals surface area contributed by atoms with Crippen LogP contribution in [0.4, 0.5) is 11.5 Å². The normalized spacial score (nSPS) is 41.3. The maximum absolute atomic E-state index is 13.6. The van der Waals surface area contributed by atoms with E-state index in [1.54, 1.807) is 18.3 Å². The highest BCUT2D eigenvalue weighted by atomic mass is 32.2. The number of ketones is 1. The van der Waals surface area contributed by atoms with Gasteiger partial charge in [-0.3, -0.25) is 9.80 Å². The first-order valence-corrected chi connectivity index (χ1v) is 14.9. The second-order valence-electron chi connectivity index (χ2n) is 12.4. The van der Waals surface area contributed by atoms with E-state index in [1.807, 2.05) is 0 Å². The van der Waals surface area contributed by atoms with E-state index in [0.29, 0.717) is 22.8 Å². The molecule has 1 aromatic rings. The summed E-state index contributed by atoms with van der Waals surface area (Å²) in [5.74, 6) is 12.7. The summed E-state index contributed by atoms with van der Waals surface area (Å²) in [5, 5.41) is 1.46. The molecule has 0 aliphatic heterocycles. The van der Waals surface area contributed by atoms with Crippen LogP contribution in [0.5, 0.6) is 0 Å². The number of hydrazine groups is 1. The van der Waals surface area contributed by atoms with Crippen molar-refractivity contribution in [2.75, 3.05) is 29.3 Å². The van der Waals surface area contributed by atoms with Crippen molar-refractivity contribution in [3.8, 4) is 0 Å². The van der Waals surface area contributed by atoms with Crippen LogP contribution in [0.1, 0.15) is 71.6 Å². The van der Waals surface area contributed by atoms with Gasteiger partial charge in [0, 0.05) is 12.1 Å². The van der Waals surface area contributed by atoms with E-state index in [0.717, 1.165) is 30.1 Å². The maximum atomic E-state index is 13.6. The van der Waals surface area contributed by atoms with Crippen LogP contribution in [0.3, 0.4) is 0 Å². The highest BCUT2D eigenvalue weighted by Gasteiger charge is 2.62. The molecule has 5 nitrogen and oxygen atoms in total. The lowest BCUT2D eigenvalue weighted by atomic mass is 9.44. The minimum Gasteiger partial charge on any atom is -0.396 e. The largest absolute Gasteiger partial charge is 0.396 e. The number of rotatable bonds is 6. The van der Waals surface area contributed by atoms with Gasteiger partial charge < -0.3 is 5.73 Å². The number of nitrogens with zero attached hydrogens (tertiary/aromatic N) is 2. The summed E-state index contributed by atoms with van der Waals surface area (Å²) in [6.45, 7) is 5.11. The smallest absolute Gasteiger partial charge is 0.166 e. The van der Waals surface area contributed by atoms with Crippen LogP contribution in [-0.2, 0) is 4.79 Å². The Morgan fingerprint density at radius 1 is 1.18 bits per heavy atom. The van der Waals surface area contributed by atoms with Crippen molar-refractivity contribution in [1.82, 2.24) is 4.98 Å². The van der Waals surface area contributed by atoms with Gasteiger partial charge in [-0.05, 0) is 116 Å². The number of Topliss-reactive ketones (excluding diaryl/α,β-unsaturated/α-hetero) is 1. The molecule has 5 rings (SSSR count). The van der Waals surface area contributed by atoms with Gasteiger partial charge in [-0.1, -0.05) is 20.3 Å². The fraction of sp³-hybridized carbons (Fsp3) is 0.786. The van der Waals surface area contributed by atoms with Crippen LogP contribution in [0.25, 0.3) is 0 Å². The molecule has 0 radical (unpaired) electrons. The first-order valence-electron chi connectivity index (χ1n) is 13.5. The number of nitrogen functional groups attached to an aromatic ring is 1. The molecule has 0 aromatic carbocycles. The van der Waals surface area contributed by atoms with E-state index >= 15 is 0 Å². The van der Waals surface area contributed by atoms with Gasteiger partial charge in [0.05, 0.1) is 12.2 Å². The minimum absolute atomic E-state index is 0.107. The van der Waals surface area contributed by atoms with Gasteiger partial charge in [0.25, 0.3) is 0 Å². The van der Waals surface area contributed by atoms with Crippen molar-refractivity contribution in [3.63, 3.8) is 0 Å². The van der Waals surface area contributed by atoms with Crippen molar-refractivity contribution in [2.45, 2.75) is 71.6 Å². The van der Waals surface area contributed by atoms with Crippen molar-refractivity contribution in [3.05, 3.63) is 18.3 Å². The van der Waals surface area contributed by atoms with Crippen LogP contribution in [-0.4, -0.2) is 29.3 Å². The average Bonchev–Trinajstić information content (AvgIpc) is 3.17. The van der Waals surface area contributed by atoms with Gasteiger partial charge in [0.2, 0.25) is 0 Å². The van der Waals surface area contributed by atoms with Gasteiger partial charge >= 0.3 is 0 Å². The fourth-order valence-electron chi connectivity index (χ4n) is 9.35. The molecule has 0 spiro atoms. The third-order valence-electron chi connectivity index (χ3n) is 10.8. The molecule has 1 aromatic heterocycles. The topological polar surface area (TPSA) is 85.2 Å². The SMILES string of the molecule is CSCC12CCC(C)CC1CCC1C3CCC(C(=O)CN(N)c4ncccc4N)C3(C)CCC12. The Kier molecular flexibility index (Phi) is 6.69. The van der Waals surface area contributed by atoms with Crippen LogP contribution < -0.4 is 16.6 Å². The summed E-state index contributed by atoms with van der Waals surface area (Å²) in [4.78, 5) is 17.9. The predicted molar refractivity (Wildman–Crippen MR) is 142 cm³/mol. The Morgan fingerprint density at radius 3 is 2.76 bits per heavy atom. The van der Waals surface area contributed by atoms with Gasteiger partial charge in [-0.15, -0.1) is 0 Å². The van der Waals surface area contributed by atoms with E-state index in [4.69, 9.17) is 11.6 Å². The third-order valence-corrected chi connectivity index (χ3v) is 11.7. The lowest BCUT2D eigenvalue weighted by Gasteiger charge is -2.62. The quantitative estimate of drug-likeness (QED) is 0.407. The van der Waals surface area contributed by atoms with Crippen LogP contribution in [0, 0.1) is 46.3 Å². The van der Waals surface area contributed by atoms with Crippen LogP contribution in [0.15, 0.2) is 18.3 Å². The standard InChI is InChI=1S/C28H44N4OS/c1-18-10-13-28(17-34-3)19(15-18)6-7-20-21-8-9-23(27(21,2)12-11-22(20)28)25(33)16-32(30)26-24(29)5-4-14-31-26/h4-5,14,18-23H,6-13,15-17,29-30H2,1-3H3. The zero-order chi connectivity index (χ0) is 24.1. The summed E-state index contributed by atoms with van der Waals surface area (Å²) in [7, 11) is 0. The lowest BCUT2D eigenvalue weighted by Crippen LogP contribution is -2.56. The second-order valence-corrected chi connectivity index (χ2v) is 13.2. The predicted octanol–water partition coefficient (Wildman–Crippen LogP) is 5.55. The van der Waals surface area contributed by atoms with Gasteiger partial charge in [-0.25, -0.2) is 10.8 Å². The molecular weight excluding hydrogens is 440 g/mol. The number of hydrogen-bond donors (Lipinski definition) is 2. The summed E-state index contributed by atoms with van der Waals surface area (Å²) in [5.41, 5.74) is 7.24. The summed E-state index contributed by atoms with van der Waals surface area (Å²) in [6, 6.07) is 3.58.